The van der Waals surface area contributed by atoms with Gasteiger partial charge in [0.25, 0.3) is 0 Å². The van der Waals surface area contributed by atoms with Gasteiger partial charge in [-0.3, -0.25) is 0 Å². The van der Waals surface area contributed by atoms with Crippen LogP contribution >= 0.6 is 0 Å². The molecule has 1 aliphatic carbocycles. The van der Waals surface area contributed by atoms with E-state index in [1.165, 1.54) is 19.3 Å². The molecule has 1 heterocycles. The molecule has 5 heteroatoms. The third-order valence-corrected chi connectivity index (χ3v) is 6.12. The highest BCUT2D eigenvalue weighted by Gasteiger charge is 2.39. The molecule has 2 rings (SSSR count). The first-order chi connectivity index (χ1) is 7.83. The average molecular weight is 260 g/mol. The summed E-state index contributed by atoms with van der Waals surface area (Å²) in [5.41, 5.74) is 5.97. The van der Waals surface area contributed by atoms with Crippen molar-refractivity contribution in [3.63, 3.8) is 0 Å². The highest BCUT2D eigenvalue weighted by molar-refractivity contribution is 7.91. The second-order valence-corrected chi connectivity index (χ2v) is 8.36. The van der Waals surface area contributed by atoms with Gasteiger partial charge in [-0.2, -0.15) is 0 Å². The molecule has 0 aromatic rings. The maximum Gasteiger partial charge on any atom is 0.152 e. The number of rotatable bonds is 3. The fraction of sp³-hybridized carbons (Fsp3) is 1.00. The largest absolute Gasteiger partial charge is 0.324 e. The zero-order valence-electron chi connectivity index (χ0n) is 10.7. The van der Waals surface area contributed by atoms with E-state index in [-0.39, 0.29) is 16.8 Å². The highest BCUT2D eigenvalue weighted by atomic mass is 32.2. The number of hydrogen-bond donors (Lipinski definition) is 2. The molecule has 0 radical (unpaired) electrons. The maximum atomic E-state index is 11.5. The summed E-state index contributed by atoms with van der Waals surface area (Å²) in [6.45, 7) is 2.75. The fourth-order valence-electron chi connectivity index (χ4n) is 2.97. The van der Waals surface area contributed by atoms with Crippen molar-refractivity contribution in [2.75, 3.05) is 18.1 Å². The zero-order valence-corrected chi connectivity index (χ0v) is 11.5. The van der Waals surface area contributed by atoms with Gasteiger partial charge in [0.05, 0.1) is 11.5 Å². The van der Waals surface area contributed by atoms with Gasteiger partial charge in [0.2, 0.25) is 0 Å². The van der Waals surface area contributed by atoms with Crippen LogP contribution in [0, 0.1) is 0 Å². The Bertz CT molecular complexity index is 374. The van der Waals surface area contributed by atoms with Gasteiger partial charge < -0.3 is 11.1 Å². The molecular weight excluding hydrogens is 236 g/mol. The van der Waals surface area contributed by atoms with Crippen LogP contribution in [0.5, 0.6) is 0 Å². The lowest BCUT2D eigenvalue weighted by molar-refractivity contribution is 0.253. The fourth-order valence-corrected chi connectivity index (χ4v) is 5.09. The third-order valence-electron chi connectivity index (χ3n) is 4.22. The Hall–Kier alpha value is -0.130. The molecule has 2 fully saturated rings. The Labute approximate surface area is 104 Å². The van der Waals surface area contributed by atoms with E-state index in [1.807, 2.05) is 6.92 Å². The lowest BCUT2D eigenvalue weighted by Gasteiger charge is -2.37. The molecule has 0 amide bonds. The molecular formula is C12H24N2O2S. The van der Waals surface area contributed by atoms with Crippen LogP contribution in [0.1, 0.15) is 45.4 Å². The van der Waals surface area contributed by atoms with Crippen molar-refractivity contribution in [3.8, 4) is 0 Å². The van der Waals surface area contributed by atoms with Crippen molar-refractivity contribution in [2.45, 2.75) is 56.5 Å². The van der Waals surface area contributed by atoms with Gasteiger partial charge in [-0.1, -0.05) is 19.3 Å². The Kier molecular flexibility index (Phi) is 3.54. The summed E-state index contributed by atoms with van der Waals surface area (Å²) in [6.07, 6.45) is 6.52. The molecule has 1 saturated heterocycles. The summed E-state index contributed by atoms with van der Waals surface area (Å²) in [5, 5.41) is 3.42. The number of sulfone groups is 1. The van der Waals surface area contributed by atoms with Crippen LogP contribution in [0.4, 0.5) is 0 Å². The first-order valence-corrected chi connectivity index (χ1v) is 8.39. The predicted octanol–water partition coefficient (Wildman–Crippen LogP) is 0.815. The normalized spacial score (nSPS) is 35.9. The van der Waals surface area contributed by atoms with Gasteiger partial charge in [0.15, 0.2) is 9.84 Å². The van der Waals surface area contributed by atoms with Crippen LogP contribution in [-0.2, 0) is 9.84 Å². The standard InChI is InChI=1S/C12H24N2O2S/c1-11(7-8-17(15,16)10-11)14-9-12(13)5-3-2-4-6-12/h14H,2-10,13H2,1H3. The van der Waals surface area contributed by atoms with Crippen LogP contribution in [0.3, 0.4) is 0 Å². The van der Waals surface area contributed by atoms with Crippen molar-refractivity contribution >= 4 is 9.84 Å². The molecule has 0 aromatic heterocycles. The molecule has 3 N–H and O–H groups in total. The van der Waals surface area contributed by atoms with Gasteiger partial charge >= 0.3 is 0 Å². The van der Waals surface area contributed by atoms with Gasteiger partial charge in [-0.05, 0) is 26.2 Å². The summed E-state index contributed by atoms with van der Waals surface area (Å²) in [6, 6.07) is 0. The monoisotopic (exact) mass is 260 g/mol. The Balaban J connectivity index is 1.89. The minimum atomic E-state index is -2.83. The molecule has 100 valence electrons. The topological polar surface area (TPSA) is 72.2 Å². The minimum Gasteiger partial charge on any atom is -0.324 e. The van der Waals surface area contributed by atoms with E-state index in [4.69, 9.17) is 5.73 Å². The highest BCUT2D eigenvalue weighted by Crippen LogP contribution is 2.28. The van der Waals surface area contributed by atoms with Gasteiger partial charge in [0.1, 0.15) is 0 Å². The van der Waals surface area contributed by atoms with Crippen LogP contribution in [0.2, 0.25) is 0 Å². The van der Waals surface area contributed by atoms with Crippen molar-refractivity contribution in [2.24, 2.45) is 5.73 Å². The maximum absolute atomic E-state index is 11.5. The Morgan fingerprint density at radius 3 is 2.35 bits per heavy atom. The van der Waals surface area contributed by atoms with E-state index in [2.05, 4.69) is 5.32 Å². The molecule has 1 saturated carbocycles. The molecule has 0 aromatic carbocycles. The van der Waals surface area contributed by atoms with Crippen LogP contribution < -0.4 is 11.1 Å². The quantitative estimate of drug-likeness (QED) is 0.788. The van der Waals surface area contributed by atoms with Crippen molar-refractivity contribution in [1.29, 1.82) is 0 Å². The molecule has 1 unspecified atom stereocenters. The lowest BCUT2D eigenvalue weighted by Crippen LogP contribution is -2.56. The van der Waals surface area contributed by atoms with E-state index in [0.717, 1.165) is 19.4 Å². The summed E-state index contributed by atoms with van der Waals surface area (Å²) >= 11 is 0. The minimum absolute atomic E-state index is 0.117. The molecule has 1 atom stereocenters. The number of hydrogen-bond acceptors (Lipinski definition) is 4. The molecule has 0 spiro atoms. The van der Waals surface area contributed by atoms with E-state index in [0.29, 0.717) is 12.2 Å². The zero-order chi connectivity index (χ0) is 12.6. The summed E-state index contributed by atoms with van der Waals surface area (Å²) in [5.74, 6) is 0.574. The molecule has 17 heavy (non-hydrogen) atoms. The van der Waals surface area contributed by atoms with Gasteiger partial charge in [-0.15, -0.1) is 0 Å². The molecule has 0 bridgehead atoms. The van der Waals surface area contributed by atoms with Gasteiger partial charge in [0, 0.05) is 17.6 Å². The Morgan fingerprint density at radius 1 is 1.18 bits per heavy atom. The van der Waals surface area contributed by atoms with Crippen molar-refractivity contribution < 1.29 is 8.42 Å². The number of nitrogens with one attached hydrogen (secondary N) is 1. The van der Waals surface area contributed by atoms with Gasteiger partial charge in [-0.25, -0.2) is 8.42 Å². The second kappa shape index (κ2) is 4.52. The van der Waals surface area contributed by atoms with Crippen LogP contribution in [0.25, 0.3) is 0 Å². The Morgan fingerprint density at radius 2 is 1.82 bits per heavy atom. The second-order valence-electron chi connectivity index (χ2n) is 6.18. The van der Waals surface area contributed by atoms with E-state index >= 15 is 0 Å². The van der Waals surface area contributed by atoms with E-state index in [9.17, 15) is 8.42 Å². The van der Waals surface area contributed by atoms with Crippen molar-refractivity contribution in [1.82, 2.24) is 5.32 Å². The molecule has 1 aliphatic heterocycles. The SMILES string of the molecule is CC1(NCC2(N)CCCCC2)CCS(=O)(=O)C1. The first-order valence-electron chi connectivity index (χ1n) is 6.57. The third kappa shape index (κ3) is 3.42. The number of nitrogens with two attached hydrogens (primary N) is 1. The van der Waals surface area contributed by atoms with Crippen LogP contribution in [0.15, 0.2) is 0 Å². The summed E-state index contributed by atoms with van der Waals surface area (Å²) in [7, 11) is -2.83. The smallest absolute Gasteiger partial charge is 0.152 e. The van der Waals surface area contributed by atoms with Crippen LogP contribution in [-0.4, -0.2) is 37.5 Å². The van der Waals surface area contributed by atoms with E-state index < -0.39 is 9.84 Å². The average Bonchev–Trinajstić information content (AvgIpc) is 2.53. The summed E-state index contributed by atoms with van der Waals surface area (Å²) < 4.78 is 23.0. The van der Waals surface area contributed by atoms with E-state index in [1.54, 1.807) is 0 Å². The first kappa shape index (κ1) is 13.3. The summed E-state index contributed by atoms with van der Waals surface area (Å²) in [4.78, 5) is 0. The molecule has 2 aliphatic rings. The molecule has 4 nitrogen and oxygen atoms in total. The lowest BCUT2D eigenvalue weighted by atomic mass is 9.82. The van der Waals surface area contributed by atoms with Crippen molar-refractivity contribution in [3.05, 3.63) is 0 Å². The predicted molar refractivity (Wildman–Crippen MR) is 69.7 cm³/mol.